The summed E-state index contributed by atoms with van der Waals surface area (Å²) >= 11 is 0. The normalized spacial score (nSPS) is 16.7. The molecule has 0 unspecified atom stereocenters. The fourth-order valence-corrected chi connectivity index (χ4v) is 2.71. The quantitative estimate of drug-likeness (QED) is 0.862. The lowest BCUT2D eigenvalue weighted by molar-refractivity contribution is 0.284. The summed E-state index contributed by atoms with van der Waals surface area (Å²) in [5.74, 6) is 2.63. The highest BCUT2D eigenvalue weighted by Crippen LogP contribution is 2.22. The highest BCUT2D eigenvalue weighted by atomic mass is 15.2. The summed E-state index contributed by atoms with van der Waals surface area (Å²) in [7, 11) is 4.31. The van der Waals surface area contributed by atoms with Crippen LogP contribution in [0.15, 0.2) is 12.3 Å². The Morgan fingerprint density at radius 3 is 2.75 bits per heavy atom. The van der Waals surface area contributed by atoms with E-state index in [2.05, 4.69) is 46.1 Å². The molecule has 1 fully saturated rings. The highest BCUT2D eigenvalue weighted by molar-refractivity contribution is 5.42. The zero-order chi connectivity index (χ0) is 14.4. The van der Waals surface area contributed by atoms with Crippen LogP contribution in [0.5, 0.6) is 0 Å². The third-order valence-corrected chi connectivity index (χ3v) is 3.74. The van der Waals surface area contributed by atoms with Gasteiger partial charge in [-0.3, -0.25) is 0 Å². The molecule has 0 bridgehead atoms. The van der Waals surface area contributed by atoms with Gasteiger partial charge in [-0.05, 0) is 45.3 Å². The minimum Gasteiger partial charge on any atom is -0.356 e. The van der Waals surface area contributed by atoms with E-state index in [0.717, 1.165) is 43.7 Å². The summed E-state index contributed by atoms with van der Waals surface area (Å²) in [4.78, 5) is 13.6. The Morgan fingerprint density at radius 1 is 1.35 bits per heavy atom. The molecule has 112 valence electrons. The first-order valence-corrected chi connectivity index (χ1v) is 7.65. The SMILES string of the molecule is CCCNc1nccc(N2CCC(CN(C)C)CC2)n1. The van der Waals surface area contributed by atoms with E-state index in [9.17, 15) is 0 Å². The Balaban J connectivity index is 1.89. The van der Waals surface area contributed by atoms with Gasteiger partial charge in [-0.1, -0.05) is 6.92 Å². The van der Waals surface area contributed by atoms with Gasteiger partial charge in [-0.15, -0.1) is 0 Å². The van der Waals surface area contributed by atoms with Crippen molar-refractivity contribution in [3.05, 3.63) is 12.3 Å². The van der Waals surface area contributed by atoms with Crippen LogP contribution in [0.2, 0.25) is 0 Å². The van der Waals surface area contributed by atoms with Crippen molar-refractivity contribution in [2.45, 2.75) is 26.2 Å². The molecule has 2 rings (SSSR count). The summed E-state index contributed by atoms with van der Waals surface area (Å²) < 4.78 is 0. The van der Waals surface area contributed by atoms with E-state index in [-0.39, 0.29) is 0 Å². The van der Waals surface area contributed by atoms with Crippen molar-refractivity contribution in [3.63, 3.8) is 0 Å². The number of hydrogen-bond acceptors (Lipinski definition) is 5. The van der Waals surface area contributed by atoms with Gasteiger partial charge in [-0.25, -0.2) is 4.98 Å². The van der Waals surface area contributed by atoms with Crippen molar-refractivity contribution in [2.24, 2.45) is 5.92 Å². The van der Waals surface area contributed by atoms with Crippen molar-refractivity contribution >= 4 is 11.8 Å². The minimum absolute atomic E-state index is 0.750. The van der Waals surface area contributed by atoms with Crippen LogP contribution in [0.4, 0.5) is 11.8 Å². The molecule has 0 aromatic carbocycles. The lowest BCUT2D eigenvalue weighted by atomic mass is 9.96. The van der Waals surface area contributed by atoms with E-state index >= 15 is 0 Å². The monoisotopic (exact) mass is 277 g/mol. The predicted molar refractivity (Wildman–Crippen MR) is 84.3 cm³/mol. The maximum Gasteiger partial charge on any atom is 0.224 e. The molecule has 1 aromatic rings. The van der Waals surface area contributed by atoms with Gasteiger partial charge in [0.1, 0.15) is 5.82 Å². The molecule has 0 radical (unpaired) electrons. The molecule has 0 amide bonds. The Hall–Kier alpha value is -1.36. The number of hydrogen-bond donors (Lipinski definition) is 1. The fourth-order valence-electron chi connectivity index (χ4n) is 2.71. The summed E-state index contributed by atoms with van der Waals surface area (Å²) in [6.07, 6.45) is 5.44. The van der Waals surface area contributed by atoms with Crippen molar-refractivity contribution < 1.29 is 0 Å². The largest absolute Gasteiger partial charge is 0.356 e. The first-order chi connectivity index (χ1) is 9.69. The number of nitrogens with one attached hydrogen (secondary N) is 1. The van der Waals surface area contributed by atoms with Crippen molar-refractivity contribution in [1.82, 2.24) is 14.9 Å². The summed E-state index contributed by atoms with van der Waals surface area (Å²) in [5, 5.41) is 3.25. The number of aromatic nitrogens is 2. The van der Waals surface area contributed by atoms with E-state index in [1.165, 1.54) is 19.4 Å². The summed E-state index contributed by atoms with van der Waals surface area (Å²) in [6.45, 7) is 6.47. The Kier molecular flexibility index (Phi) is 5.59. The summed E-state index contributed by atoms with van der Waals surface area (Å²) in [5.41, 5.74) is 0. The Morgan fingerprint density at radius 2 is 2.10 bits per heavy atom. The molecule has 1 aliphatic heterocycles. The molecule has 1 aliphatic rings. The molecule has 0 atom stereocenters. The molecule has 1 saturated heterocycles. The maximum atomic E-state index is 4.61. The standard InChI is InChI=1S/C15H27N5/c1-4-8-16-15-17-9-5-14(18-15)20-10-6-13(7-11-20)12-19(2)3/h5,9,13H,4,6-8,10-12H2,1-3H3,(H,16,17,18). The van der Waals surface area contributed by atoms with Crippen LogP contribution in [0.1, 0.15) is 26.2 Å². The Labute approximate surface area is 122 Å². The second kappa shape index (κ2) is 7.43. The van der Waals surface area contributed by atoms with Gasteiger partial charge in [0, 0.05) is 32.4 Å². The van der Waals surface area contributed by atoms with E-state index < -0.39 is 0 Å². The topological polar surface area (TPSA) is 44.3 Å². The lowest BCUT2D eigenvalue weighted by Gasteiger charge is -2.34. The van der Waals surface area contributed by atoms with Gasteiger partial charge >= 0.3 is 0 Å². The lowest BCUT2D eigenvalue weighted by Crippen LogP contribution is -2.37. The second-order valence-electron chi connectivity index (χ2n) is 5.86. The average Bonchev–Trinajstić information content (AvgIpc) is 2.45. The molecule has 20 heavy (non-hydrogen) atoms. The number of piperidine rings is 1. The molecule has 1 N–H and O–H groups in total. The molecule has 5 heteroatoms. The van der Waals surface area contributed by atoms with Gasteiger partial charge in [0.25, 0.3) is 0 Å². The maximum absolute atomic E-state index is 4.61. The van der Waals surface area contributed by atoms with Crippen LogP contribution >= 0.6 is 0 Å². The van der Waals surface area contributed by atoms with Gasteiger partial charge in [-0.2, -0.15) is 4.98 Å². The van der Waals surface area contributed by atoms with E-state index in [1.807, 2.05) is 12.3 Å². The zero-order valence-corrected chi connectivity index (χ0v) is 13.0. The second-order valence-corrected chi connectivity index (χ2v) is 5.86. The zero-order valence-electron chi connectivity index (χ0n) is 13.0. The molecule has 1 aromatic heterocycles. The minimum atomic E-state index is 0.750. The average molecular weight is 277 g/mol. The smallest absolute Gasteiger partial charge is 0.224 e. The number of anilines is 2. The van der Waals surface area contributed by atoms with Crippen molar-refractivity contribution in [3.8, 4) is 0 Å². The molecule has 5 nitrogen and oxygen atoms in total. The van der Waals surface area contributed by atoms with E-state index in [1.54, 1.807) is 0 Å². The Bertz CT molecular complexity index is 399. The number of rotatable bonds is 6. The van der Waals surface area contributed by atoms with Crippen LogP contribution in [0.3, 0.4) is 0 Å². The van der Waals surface area contributed by atoms with Gasteiger partial charge in [0.2, 0.25) is 5.95 Å². The molecular formula is C15H27N5. The number of nitrogens with zero attached hydrogens (tertiary/aromatic N) is 4. The fraction of sp³-hybridized carbons (Fsp3) is 0.733. The van der Waals surface area contributed by atoms with Crippen LogP contribution in [-0.2, 0) is 0 Å². The van der Waals surface area contributed by atoms with Gasteiger partial charge in [0.15, 0.2) is 0 Å². The van der Waals surface area contributed by atoms with Crippen LogP contribution in [0.25, 0.3) is 0 Å². The highest BCUT2D eigenvalue weighted by Gasteiger charge is 2.20. The first-order valence-electron chi connectivity index (χ1n) is 7.65. The van der Waals surface area contributed by atoms with E-state index in [0.29, 0.717) is 0 Å². The molecule has 0 aliphatic carbocycles. The molecule has 0 spiro atoms. The third-order valence-electron chi connectivity index (χ3n) is 3.74. The van der Waals surface area contributed by atoms with Crippen molar-refractivity contribution in [1.29, 1.82) is 0 Å². The van der Waals surface area contributed by atoms with Gasteiger partial charge < -0.3 is 15.1 Å². The molecular weight excluding hydrogens is 250 g/mol. The first kappa shape index (κ1) is 15.0. The van der Waals surface area contributed by atoms with Crippen molar-refractivity contribution in [2.75, 3.05) is 50.5 Å². The molecule has 2 heterocycles. The molecule has 0 saturated carbocycles. The predicted octanol–water partition coefficient (Wildman–Crippen LogP) is 2.08. The summed E-state index contributed by atoms with van der Waals surface area (Å²) in [6, 6.07) is 2.02. The van der Waals surface area contributed by atoms with Gasteiger partial charge in [0.05, 0.1) is 0 Å². The van der Waals surface area contributed by atoms with Crippen LogP contribution in [0, 0.1) is 5.92 Å². The van der Waals surface area contributed by atoms with E-state index in [4.69, 9.17) is 0 Å². The van der Waals surface area contributed by atoms with Crippen LogP contribution < -0.4 is 10.2 Å². The third kappa shape index (κ3) is 4.34. The van der Waals surface area contributed by atoms with Crippen LogP contribution in [-0.4, -0.2) is 55.1 Å².